The normalized spacial score (nSPS) is 9.83. The monoisotopic (exact) mass is 250 g/mol. The SMILES string of the molecule is CC.CC(=O)CCN(CCN)Cc1ccccc1. The van der Waals surface area contributed by atoms with Crippen molar-refractivity contribution in [2.24, 2.45) is 5.73 Å². The summed E-state index contributed by atoms with van der Waals surface area (Å²) in [4.78, 5) is 13.2. The summed E-state index contributed by atoms with van der Waals surface area (Å²) in [5, 5.41) is 0. The molecule has 0 atom stereocenters. The quantitative estimate of drug-likeness (QED) is 0.808. The Labute approximate surface area is 111 Å². The number of hydrogen-bond donors (Lipinski definition) is 1. The first-order valence-electron chi connectivity index (χ1n) is 6.68. The highest BCUT2D eigenvalue weighted by Gasteiger charge is 2.05. The van der Waals surface area contributed by atoms with E-state index in [0.717, 1.165) is 19.6 Å². The molecule has 1 aromatic rings. The number of rotatable bonds is 7. The molecule has 0 aliphatic heterocycles. The molecule has 2 N–H and O–H groups in total. The fourth-order valence-electron chi connectivity index (χ4n) is 1.61. The van der Waals surface area contributed by atoms with Crippen molar-refractivity contribution in [2.75, 3.05) is 19.6 Å². The molecule has 0 amide bonds. The molecule has 0 aromatic heterocycles. The van der Waals surface area contributed by atoms with Crippen LogP contribution in [0.25, 0.3) is 0 Å². The highest BCUT2D eigenvalue weighted by atomic mass is 16.1. The van der Waals surface area contributed by atoms with Gasteiger partial charge in [-0.15, -0.1) is 0 Å². The summed E-state index contributed by atoms with van der Waals surface area (Å²) < 4.78 is 0. The Kier molecular flexibility index (Phi) is 10.2. The van der Waals surface area contributed by atoms with Crippen LogP contribution in [-0.4, -0.2) is 30.3 Å². The second-order valence-corrected chi connectivity index (χ2v) is 4.00. The molecular weight excluding hydrogens is 224 g/mol. The molecule has 0 saturated carbocycles. The van der Waals surface area contributed by atoms with Gasteiger partial charge in [-0.05, 0) is 12.5 Å². The second-order valence-electron chi connectivity index (χ2n) is 4.00. The van der Waals surface area contributed by atoms with Gasteiger partial charge in [0.25, 0.3) is 0 Å². The number of Topliss-reactive ketones (excluding diaryl/α,β-unsaturated/α-hetero) is 1. The standard InChI is InChI=1S/C13H20N2O.C2H6/c1-12(16)7-9-15(10-8-14)11-13-5-3-2-4-6-13;1-2/h2-6H,7-11,14H2,1H3;1-2H3. The Morgan fingerprint density at radius 1 is 1.17 bits per heavy atom. The van der Waals surface area contributed by atoms with Crippen LogP contribution in [0.2, 0.25) is 0 Å². The van der Waals surface area contributed by atoms with Gasteiger partial charge in [0, 0.05) is 32.6 Å². The van der Waals surface area contributed by atoms with Crippen molar-refractivity contribution in [3.63, 3.8) is 0 Å². The molecule has 0 bridgehead atoms. The highest BCUT2D eigenvalue weighted by Crippen LogP contribution is 2.04. The van der Waals surface area contributed by atoms with Crippen LogP contribution in [0.1, 0.15) is 32.8 Å². The molecule has 0 saturated heterocycles. The van der Waals surface area contributed by atoms with Crippen LogP contribution in [0.5, 0.6) is 0 Å². The van der Waals surface area contributed by atoms with Crippen LogP contribution < -0.4 is 5.73 Å². The van der Waals surface area contributed by atoms with Gasteiger partial charge >= 0.3 is 0 Å². The van der Waals surface area contributed by atoms with Crippen LogP contribution in [0.4, 0.5) is 0 Å². The summed E-state index contributed by atoms with van der Waals surface area (Å²) in [6, 6.07) is 10.3. The molecule has 0 fully saturated rings. The molecule has 0 unspecified atom stereocenters. The smallest absolute Gasteiger partial charge is 0.131 e. The lowest BCUT2D eigenvalue weighted by Gasteiger charge is -2.20. The number of nitrogens with zero attached hydrogens (tertiary/aromatic N) is 1. The summed E-state index contributed by atoms with van der Waals surface area (Å²) in [6.07, 6.45) is 0.604. The van der Waals surface area contributed by atoms with Gasteiger partial charge < -0.3 is 5.73 Å². The molecule has 0 aliphatic carbocycles. The fraction of sp³-hybridized carbons (Fsp3) is 0.533. The van der Waals surface area contributed by atoms with E-state index in [-0.39, 0.29) is 5.78 Å². The van der Waals surface area contributed by atoms with Crippen LogP contribution in [0, 0.1) is 0 Å². The Bertz CT molecular complexity index is 312. The van der Waals surface area contributed by atoms with E-state index >= 15 is 0 Å². The number of ketones is 1. The predicted molar refractivity (Wildman–Crippen MR) is 77.4 cm³/mol. The fourth-order valence-corrected chi connectivity index (χ4v) is 1.61. The third-order valence-corrected chi connectivity index (χ3v) is 2.47. The lowest BCUT2D eigenvalue weighted by molar-refractivity contribution is -0.117. The van der Waals surface area contributed by atoms with E-state index in [4.69, 9.17) is 5.73 Å². The number of carbonyl (C=O) groups is 1. The minimum atomic E-state index is 0.232. The molecule has 1 rings (SSSR count). The van der Waals surface area contributed by atoms with Gasteiger partial charge in [-0.25, -0.2) is 0 Å². The topological polar surface area (TPSA) is 46.3 Å². The third-order valence-electron chi connectivity index (χ3n) is 2.47. The van der Waals surface area contributed by atoms with Crippen LogP contribution in [0.3, 0.4) is 0 Å². The van der Waals surface area contributed by atoms with E-state index in [1.54, 1.807) is 6.92 Å². The third kappa shape index (κ3) is 7.98. The van der Waals surface area contributed by atoms with Crippen molar-refractivity contribution >= 4 is 5.78 Å². The molecule has 0 heterocycles. The maximum absolute atomic E-state index is 10.9. The van der Waals surface area contributed by atoms with Crippen molar-refractivity contribution in [3.8, 4) is 0 Å². The highest BCUT2D eigenvalue weighted by molar-refractivity contribution is 5.75. The first kappa shape index (κ1) is 16.8. The van der Waals surface area contributed by atoms with Gasteiger partial charge in [-0.3, -0.25) is 9.69 Å². The first-order chi connectivity index (χ1) is 8.72. The van der Waals surface area contributed by atoms with Crippen molar-refractivity contribution < 1.29 is 4.79 Å². The summed E-state index contributed by atoms with van der Waals surface area (Å²) >= 11 is 0. The predicted octanol–water partition coefficient (Wildman–Crippen LogP) is 2.45. The summed E-state index contributed by atoms with van der Waals surface area (Å²) in [7, 11) is 0. The minimum Gasteiger partial charge on any atom is -0.329 e. The Morgan fingerprint density at radius 2 is 1.78 bits per heavy atom. The van der Waals surface area contributed by atoms with Crippen molar-refractivity contribution in [2.45, 2.75) is 33.7 Å². The first-order valence-corrected chi connectivity index (χ1v) is 6.68. The molecule has 18 heavy (non-hydrogen) atoms. The molecule has 3 nitrogen and oxygen atoms in total. The minimum absolute atomic E-state index is 0.232. The Hall–Kier alpha value is -1.19. The van der Waals surface area contributed by atoms with Crippen molar-refractivity contribution in [1.82, 2.24) is 4.90 Å². The molecular formula is C15H26N2O. The van der Waals surface area contributed by atoms with Gasteiger partial charge in [0.2, 0.25) is 0 Å². The van der Waals surface area contributed by atoms with Crippen molar-refractivity contribution in [1.29, 1.82) is 0 Å². The number of nitrogens with two attached hydrogens (primary N) is 1. The van der Waals surface area contributed by atoms with Gasteiger partial charge in [0.1, 0.15) is 5.78 Å². The molecule has 0 spiro atoms. The zero-order chi connectivity index (χ0) is 13.8. The van der Waals surface area contributed by atoms with Crippen LogP contribution in [0.15, 0.2) is 30.3 Å². The lowest BCUT2D eigenvalue weighted by atomic mass is 10.2. The Morgan fingerprint density at radius 3 is 2.28 bits per heavy atom. The zero-order valence-corrected chi connectivity index (χ0v) is 11.9. The zero-order valence-electron chi connectivity index (χ0n) is 11.9. The lowest BCUT2D eigenvalue weighted by Crippen LogP contribution is -2.30. The molecule has 0 aliphatic rings. The van der Waals surface area contributed by atoms with E-state index < -0.39 is 0 Å². The molecule has 102 valence electrons. The van der Waals surface area contributed by atoms with Gasteiger partial charge in [-0.2, -0.15) is 0 Å². The molecule has 1 aromatic carbocycles. The summed E-state index contributed by atoms with van der Waals surface area (Å²) in [6.45, 7) is 8.75. The number of hydrogen-bond acceptors (Lipinski definition) is 3. The maximum atomic E-state index is 10.9. The van der Waals surface area contributed by atoms with E-state index in [1.807, 2.05) is 32.0 Å². The summed E-state index contributed by atoms with van der Waals surface area (Å²) in [5.41, 5.74) is 6.83. The maximum Gasteiger partial charge on any atom is 0.131 e. The summed E-state index contributed by atoms with van der Waals surface area (Å²) in [5.74, 6) is 0.232. The second kappa shape index (κ2) is 10.9. The van der Waals surface area contributed by atoms with Gasteiger partial charge in [-0.1, -0.05) is 44.2 Å². The number of benzene rings is 1. The average Bonchev–Trinajstić information content (AvgIpc) is 2.40. The van der Waals surface area contributed by atoms with Crippen LogP contribution >= 0.6 is 0 Å². The van der Waals surface area contributed by atoms with Gasteiger partial charge in [0.15, 0.2) is 0 Å². The number of carbonyl (C=O) groups excluding carboxylic acids is 1. The average molecular weight is 250 g/mol. The van der Waals surface area contributed by atoms with E-state index in [2.05, 4.69) is 17.0 Å². The van der Waals surface area contributed by atoms with E-state index in [1.165, 1.54) is 5.56 Å². The van der Waals surface area contributed by atoms with E-state index in [0.29, 0.717) is 13.0 Å². The van der Waals surface area contributed by atoms with E-state index in [9.17, 15) is 4.79 Å². The molecule has 0 radical (unpaired) electrons. The van der Waals surface area contributed by atoms with Crippen LogP contribution in [-0.2, 0) is 11.3 Å². The van der Waals surface area contributed by atoms with Gasteiger partial charge in [0.05, 0.1) is 0 Å². The largest absolute Gasteiger partial charge is 0.329 e. The molecule has 3 heteroatoms. The van der Waals surface area contributed by atoms with Crippen molar-refractivity contribution in [3.05, 3.63) is 35.9 Å². The Balaban J connectivity index is 0.00000137.